The van der Waals surface area contributed by atoms with Crippen molar-refractivity contribution in [3.63, 3.8) is 0 Å². The molecule has 1 heterocycles. The number of aliphatic hydroxyl groups excluding tert-OH is 1. The molecule has 1 spiro atoms. The second-order valence-electron chi connectivity index (χ2n) is 8.58. The Balaban J connectivity index is 1.85. The first-order valence-corrected chi connectivity index (χ1v) is 9.42. The van der Waals surface area contributed by atoms with Crippen LogP contribution in [-0.2, 0) is 9.53 Å². The van der Waals surface area contributed by atoms with Crippen molar-refractivity contribution in [2.24, 2.45) is 28.6 Å². The Labute approximate surface area is 140 Å². The maximum atomic E-state index is 12.2. The lowest BCUT2D eigenvalue weighted by Crippen LogP contribution is -2.51. The molecule has 23 heavy (non-hydrogen) atoms. The topological polar surface area (TPSA) is 46.5 Å². The van der Waals surface area contributed by atoms with Crippen LogP contribution in [0.1, 0.15) is 65.7 Å². The summed E-state index contributed by atoms with van der Waals surface area (Å²) in [5.74, 6) is 1.77. The summed E-state index contributed by atoms with van der Waals surface area (Å²) in [5, 5.41) is 9.17. The van der Waals surface area contributed by atoms with Crippen LogP contribution in [-0.4, -0.2) is 24.3 Å². The van der Waals surface area contributed by atoms with Crippen LogP contribution in [0.15, 0.2) is 11.6 Å². The maximum absolute atomic E-state index is 12.2. The number of esters is 1. The Morgan fingerprint density at radius 2 is 2.17 bits per heavy atom. The first kappa shape index (κ1) is 17.0. The maximum Gasteiger partial charge on any atom is 0.334 e. The lowest BCUT2D eigenvalue weighted by atomic mass is 9.46. The van der Waals surface area contributed by atoms with E-state index in [9.17, 15) is 4.79 Å². The molecular weight excluding hydrogens is 288 g/mol. The van der Waals surface area contributed by atoms with E-state index in [-0.39, 0.29) is 23.4 Å². The Hall–Kier alpha value is -0.830. The average molecular weight is 320 g/mol. The number of carbonyl (C=O) groups excluding carboxylic acids is 1. The fourth-order valence-electron chi connectivity index (χ4n) is 5.63. The third kappa shape index (κ3) is 2.65. The van der Waals surface area contributed by atoms with Crippen molar-refractivity contribution < 1.29 is 14.6 Å². The number of rotatable bonds is 5. The van der Waals surface area contributed by atoms with Gasteiger partial charge in [-0.25, -0.2) is 4.79 Å². The van der Waals surface area contributed by atoms with Crippen molar-refractivity contribution in [2.45, 2.75) is 65.7 Å². The van der Waals surface area contributed by atoms with E-state index in [1.54, 1.807) is 0 Å². The Morgan fingerprint density at radius 3 is 2.91 bits per heavy atom. The number of hydrogen-bond acceptors (Lipinski definition) is 3. The molecule has 0 bridgehead atoms. The first-order chi connectivity index (χ1) is 10.9. The van der Waals surface area contributed by atoms with Gasteiger partial charge in [-0.15, -0.1) is 0 Å². The van der Waals surface area contributed by atoms with Crippen molar-refractivity contribution in [3.8, 4) is 0 Å². The molecule has 130 valence electrons. The molecule has 1 aliphatic heterocycles. The van der Waals surface area contributed by atoms with Gasteiger partial charge in [0, 0.05) is 17.6 Å². The van der Waals surface area contributed by atoms with Crippen LogP contribution in [0.5, 0.6) is 0 Å². The van der Waals surface area contributed by atoms with Crippen molar-refractivity contribution in [1.29, 1.82) is 0 Å². The average Bonchev–Trinajstić information content (AvgIpc) is 2.87. The molecule has 2 aliphatic carbocycles. The third-order valence-electron chi connectivity index (χ3n) is 7.43. The summed E-state index contributed by atoms with van der Waals surface area (Å²) in [6.45, 7) is 8.00. The number of hydrogen-bond donors (Lipinski definition) is 1. The minimum Gasteiger partial charge on any atom is -0.461 e. The number of ether oxygens (including phenoxy) is 1. The van der Waals surface area contributed by atoms with Gasteiger partial charge in [0.25, 0.3) is 0 Å². The highest BCUT2D eigenvalue weighted by molar-refractivity contribution is 5.92. The minimum atomic E-state index is -0.0553. The van der Waals surface area contributed by atoms with Crippen LogP contribution in [0.25, 0.3) is 0 Å². The fraction of sp³-hybridized carbons (Fsp3) is 0.850. The van der Waals surface area contributed by atoms with Gasteiger partial charge in [-0.05, 0) is 61.7 Å². The SMILES string of the molecule is C[C@H](CCO)CC[C@@]1(C)[C@H](C)CC[C@@]23COC(=O)C2=CCC[C@@H]31. The lowest BCUT2D eigenvalue weighted by molar-refractivity contribution is -0.135. The summed E-state index contributed by atoms with van der Waals surface area (Å²) in [4.78, 5) is 12.2. The van der Waals surface area contributed by atoms with Gasteiger partial charge in [-0.1, -0.05) is 33.3 Å². The Kier molecular flexibility index (Phi) is 4.61. The van der Waals surface area contributed by atoms with E-state index in [0.29, 0.717) is 24.4 Å². The molecule has 0 aromatic heterocycles. The zero-order chi connectivity index (χ0) is 16.7. The molecule has 0 unspecified atom stereocenters. The van der Waals surface area contributed by atoms with Crippen molar-refractivity contribution in [1.82, 2.24) is 0 Å². The van der Waals surface area contributed by atoms with Crippen LogP contribution in [0.4, 0.5) is 0 Å². The normalized spacial score (nSPS) is 40.9. The largest absolute Gasteiger partial charge is 0.461 e. The van der Waals surface area contributed by atoms with Crippen molar-refractivity contribution >= 4 is 5.97 Å². The van der Waals surface area contributed by atoms with Gasteiger partial charge in [0.15, 0.2) is 0 Å². The highest BCUT2D eigenvalue weighted by Crippen LogP contribution is 2.63. The van der Waals surface area contributed by atoms with E-state index in [2.05, 4.69) is 26.8 Å². The molecule has 3 nitrogen and oxygen atoms in total. The van der Waals surface area contributed by atoms with Gasteiger partial charge in [-0.2, -0.15) is 0 Å². The standard InChI is InChI=1S/C20H32O3/c1-14(9-12-21)7-10-19(3)15(2)8-11-20-13-23-18(22)16(20)5-4-6-17(19)20/h5,14-15,17,21H,4,6-13H2,1-3H3/t14-,15+,17+,19-,20+/m0/s1. The molecular formula is C20H32O3. The van der Waals surface area contributed by atoms with E-state index in [4.69, 9.17) is 9.84 Å². The van der Waals surface area contributed by atoms with Crippen LogP contribution < -0.4 is 0 Å². The smallest absolute Gasteiger partial charge is 0.334 e. The summed E-state index contributed by atoms with van der Waals surface area (Å²) in [6, 6.07) is 0. The van der Waals surface area contributed by atoms with Gasteiger partial charge in [0.1, 0.15) is 6.61 Å². The second kappa shape index (κ2) is 6.23. The van der Waals surface area contributed by atoms with Gasteiger partial charge in [0.05, 0.1) is 0 Å². The van der Waals surface area contributed by atoms with E-state index in [1.807, 2.05) is 0 Å². The predicted molar refractivity (Wildman–Crippen MR) is 90.8 cm³/mol. The Morgan fingerprint density at radius 1 is 1.39 bits per heavy atom. The van der Waals surface area contributed by atoms with Crippen molar-refractivity contribution in [3.05, 3.63) is 11.6 Å². The molecule has 1 saturated carbocycles. The lowest BCUT2D eigenvalue weighted by Gasteiger charge is -2.56. The first-order valence-electron chi connectivity index (χ1n) is 9.42. The molecule has 3 heteroatoms. The minimum absolute atomic E-state index is 0.00316. The van der Waals surface area contributed by atoms with Crippen LogP contribution >= 0.6 is 0 Å². The highest BCUT2D eigenvalue weighted by Gasteiger charge is 2.60. The number of carbonyl (C=O) groups is 1. The van der Waals surface area contributed by atoms with Crippen LogP contribution in [0, 0.1) is 28.6 Å². The van der Waals surface area contributed by atoms with Gasteiger partial charge >= 0.3 is 5.97 Å². The molecule has 2 fully saturated rings. The van der Waals surface area contributed by atoms with E-state index in [0.717, 1.165) is 24.8 Å². The molecule has 3 rings (SSSR count). The van der Waals surface area contributed by atoms with Gasteiger partial charge < -0.3 is 9.84 Å². The number of allylic oxidation sites excluding steroid dienone is 1. The molecule has 0 aromatic rings. The summed E-state index contributed by atoms with van der Waals surface area (Å²) in [5.41, 5.74) is 1.27. The van der Waals surface area contributed by atoms with Crippen molar-refractivity contribution in [2.75, 3.05) is 13.2 Å². The molecule has 1 N–H and O–H groups in total. The van der Waals surface area contributed by atoms with E-state index in [1.165, 1.54) is 25.7 Å². The third-order valence-corrected chi connectivity index (χ3v) is 7.43. The highest BCUT2D eigenvalue weighted by atomic mass is 16.5. The summed E-state index contributed by atoms with van der Waals surface area (Å²) >= 11 is 0. The number of aliphatic hydroxyl groups is 1. The monoisotopic (exact) mass is 320 g/mol. The van der Waals surface area contributed by atoms with Gasteiger partial charge in [-0.3, -0.25) is 0 Å². The number of cyclic esters (lactones) is 1. The molecule has 0 amide bonds. The zero-order valence-electron chi connectivity index (χ0n) is 14.9. The zero-order valence-corrected chi connectivity index (χ0v) is 14.9. The van der Waals surface area contributed by atoms with Crippen LogP contribution in [0.3, 0.4) is 0 Å². The molecule has 0 aromatic carbocycles. The second-order valence-corrected chi connectivity index (χ2v) is 8.58. The molecule has 3 aliphatic rings. The van der Waals surface area contributed by atoms with Crippen LogP contribution in [0.2, 0.25) is 0 Å². The van der Waals surface area contributed by atoms with Gasteiger partial charge in [0.2, 0.25) is 0 Å². The summed E-state index contributed by atoms with van der Waals surface area (Å²) in [6.07, 6.45) is 9.93. The quantitative estimate of drug-likeness (QED) is 0.776. The Bertz CT molecular complexity index is 497. The summed E-state index contributed by atoms with van der Waals surface area (Å²) < 4.78 is 5.51. The fourth-order valence-corrected chi connectivity index (χ4v) is 5.63. The van der Waals surface area contributed by atoms with E-state index < -0.39 is 0 Å². The molecule has 0 radical (unpaired) electrons. The molecule has 1 saturated heterocycles. The predicted octanol–water partition coefficient (Wildman–Crippen LogP) is 4.10. The van der Waals surface area contributed by atoms with E-state index >= 15 is 0 Å². The summed E-state index contributed by atoms with van der Waals surface area (Å²) in [7, 11) is 0. The molecule has 5 atom stereocenters.